The number of hydrogen-bond acceptors (Lipinski definition) is 3. The molecule has 1 heterocycles. The lowest BCUT2D eigenvalue weighted by Crippen LogP contribution is -2.60. The van der Waals surface area contributed by atoms with Crippen LogP contribution in [-0.4, -0.2) is 41.8 Å². The van der Waals surface area contributed by atoms with Gasteiger partial charge in [-0.2, -0.15) is 0 Å². The molecular formula is C18H30N2O. The van der Waals surface area contributed by atoms with E-state index in [0.717, 1.165) is 25.9 Å². The maximum Gasteiger partial charge on any atom is 0.0760 e. The van der Waals surface area contributed by atoms with E-state index in [0.29, 0.717) is 12.6 Å². The van der Waals surface area contributed by atoms with Gasteiger partial charge < -0.3 is 10.5 Å². The van der Waals surface area contributed by atoms with Gasteiger partial charge in [0.05, 0.1) is 11.2 Å². The van der Waals surface area contributed by atoms with Gasteiger partial charge in [0, 0.05) is 25.7 Å². The first kappa shape index (κ1) is 16.5. The Hall–Kier alpha value is -0.900. The molecule has 3 nitrogen and oxygen atoms in total. The third kappa shape index (κ3) is 4.80. The summed E-state index contributed by atoms with van der Waals surface area (Å²) in [4.78, 5) is 2.52. The molecule has 118 valence electrons. The standard InChI is InChI=1S/C18H30N2O/c1-17(2)13-20(14-18(3,4)21-17)16(12-19)11-10-15-8-6-5-7-9-15/h5-9,16H,10-14,19H2,1-4H3. The topological polar surface area (TPSA) is 38.5 Å². The molecule has 0 radical (unpaired) electrons. The smallest absolute Gasteiger partial charge is 0.0760 e. The highest BCUT2D eigenvalue weighted by molar-refractivity contribution is 5.14. The van der Waals surface area contributed by atoms with E-state index in [1.807, 2.05) is 0 Å². The van der Waals surface area contributed by atoms with Crippen molar-refractivity contribution >= 4 is 0 Å². The number of hydrogen-bond donors (Lipinski definition) is 1. The van der Waals surface area contributed by atoms with Crippen molar-refractivity contribution in [3.63, 3.8) is 0 Å². The average molecular weight is 290 g/mol. The fraction of sp³-hybridized carbons (Fsp3) is 0.667. The molecule has 21 heavy (non-hydrogen) atoms. The number of nitrogens with zero attached hydrogens (tertiary/aromatic N) is 1. The summed E-state index contributed by atoms with van der Waals surface area (Å²) in [6.07, 6.45) is 2.19. The molecule has 1 aromatic rings. The Labute approximate surface area is 129 Å². The van der Waals surface area contributed by atoms with Crippen molar-refractivity contribution in [2.75, 3.05) is 19.6 Å². The van der Waals surface area contributed by atoms with E-state index in [9.17, 15) is 0 Å². The minimum absolute atomic E-state index is 0.109. The molecule has 1 atom stereocenters. The average Bonchev–Trinajstić information content (AvgIpc) is 2.37. The first-order valence-corrected chi connectivity index (χ1v) is 7.99. The Morgan fingerprint density at radius 1 is 1.10 bits per heavy atom. The third-order valence-electron chi connectivity index (χ3n) is 4.12. The van der Waals surface area contributed by atoms with E-state index < -0.39 is 0 Å². The lowest BCUT2D eigenvalue weighted by atomic mass is 9.95. The molecule has 2 N–H and O–H groups in total. The van der Waals surface area contributed by atoms with Crippen LogP contribution < -0.4 is 5.73 Å². The molecule has 1 saturated heterocycles. The summed E-state index contributed by atoms with van der Waals surface area (Å²) in [7, 11) is 0. The summed E-state index contributed by atoms with van der Waals surface area (Å²) < 4.78 is 6.17. The van der Waals surface area contributed by atoms with Gasteiger partial charge >= 0.3 is 0 Å². The quantitative estimate of drug-likeness (QED) is 0.906. The van der Waals surface area contributed by atoms with Crippen molar-refractivity contribution in [2.24, 2.45) is 5.73 Å². The molecule has 0 spiro atoms. The van der Waals surface area contributed by atoms with Crippen molar-refractivity contribution in [3.05, 3.63) is 35.9 Å². The Bertz CT molecular complexity index is 426. The number of ether oxygens (including phenoxy) is 1. The summed E-state index contributed by atoms with van der Waals surface area (Å²) in [6, 6.07) is 11.1. The minimum Gasteiger partial charge on any atom is -0.367 e. The van der Waals surface area contributed by atoms with Gasteiger partial charge in [-0.15, -0.1) is 0 Å². The number of morpholine rings is 1. The SMILES string of the molecule is CC1(C)CN(C(CN)CCc2ccccc2)CC(C)(C)O1. The predicted octanol–water partition coefficient (Wildman–Crippen LogP) is 2.84. The second-order valence-corrected chi connectivity index (χ2v) is 7.44. The highest BCUT2D eigenvalue weighted by Crippen LogP contribution is 2.29. The van der Waals surface area contributed by atoms with Gasteiger partial charge in [0.2, 0.25) is 0 Å². The molecule has 1 unspecified atom stereocenters. The van der Waals surface area contributed by atoms with Gasteiger partial charge in [0.15, 0.2) is 0 Å². The zero-order chi connectivity index (χ0) is 15.5. The van der Waals surface area contributed by atoms with Crippen LogP contribution in [-0.2, 0) is 11.2 Å². The fourth-order valence-corrected chi connectivity index (χ4v) is 3.53. The number of aryl methyl sites for hydroxylation is 1. The second-order valence-electron chi connectivity index (χ2n) is 7.44. The minimum atomic E-state index is -0.109. The van der Waals surface area contributed by atoms with Crippen LogP contribution in [0.4, 0.5) is 0 Å². The van der Waals surface area contributed by atoms with Crippen LogP contribution in [0.15, 0.2) is 30.3 Å². The molecule has 0 saturated carbocycles. The highest BCUT2D eigenvalue weighted by atomic mass is 16.5. The summed E-state index contributed by atoms with van der Waals surface area (Å²) in [6.45, 7) is 11.3. The maximum atomic E-state index is 6.17. The zero-order valence-corrected chi connectivity index (χ0v) is 13.9. The van der Waals surface area contributed by atoms with Crippen LogP contribution in [0.5, 0.6) is 0 Å². The second kappa shape index (κ2) is 6.47. The van der Waals surface area contributed by atoms with E-state index in [-0.39, 0.29) is 11.2 Å². The number of benzene rings is 1. The van der Waals surface area contributed by atoms with Crippen LogP contribution in [0, 0.1) is 0 Å². The predicted molar refractivity (Wildman–Crippen MR) is 88.4 cm³/mol. The normalized spacial score (nSPS) is 22.9. The Balaban J connectivity index is 1.99. The summed E-state index contributed by atoms with van der Waals surface area (Å²) >= 11 is 0. The van der Waals surface area contributed by atoms with Crippen LogP contribution in [0.2, 0.25) is 0 Å². The van der Waals surface area contributed by atoms with Gasteiger partial charge in [0.1, 0.15) is 0 Å². The van der Waals surface area contributed by atoms with Crippen LogP contribution in [0.1, 0.15) is 39.7 Å². The van der Waals surface area contributed by atoms with Gasteiger partial charge in [-0.25, -0.2) is 0 Å². The molecule has 1 aliphatic heterocycles. The monoisotopic (exact) mass is 290 g/mol. The van der Waals surface area contributed by atoms with E-state index in [1.54, 1.807) is 0 Å². The van der Waals surface area contributed by atoms with E-state index >= 15 is 0 Å². The molecule has 0 aromatic heterocycles. The van der Waals surface area contributed by atoms with Crippen molar-refractivity contribution < 1.29 is 4.74 Å². The first-order valence-electron chi connectivity index (χ1n) is 7.99. The first-order chi connectivity index (χ1) is 9.81. The highest BCUT2D eigenvalue weighted by Gasteiger charge is 2.39. The number of rotatable bonds is 5. The van der Waals surface area contributed by atoms with Crippen LogP contribution in [0.3, 0.4) is 0 Å². The van der Waals surface area contributed by atoms with Crippen LogP contribution in [0.25, 0.3) is 0 Å². The molecule has 1 aromatic carbocycles. The fourth-order valence-electron chi connectivity index (χ4n) is 3.53. The molecule has 0 aliphatic carbocycles. The summed E-state index contributed by atoms with van der Waals surface area (Å²) in [5.41, 5.74) is 7.24. The van der Waals surface area contributed by atoms with Gasteiger partial charge in [0.25, 0.3) is 0 Å². The van der Waals surface area contributed by atoms with Crippen molar-refractivity contribution in [2.45, 2.75) is 57.8 Å². The van der Waals surface area contributed by atoms with Crippen LogP contribution >= 0.6 is 0 Å². The number of nitrogens with two attached hydrogens (primary N) is 1. The Morgan fingerprint density at radius 2 is 1.67 bits per heavy atom. The van der Waals surface area contributed by atoms with Crippen molar-refractivity contribution in [1.82, 2.24) is 4.90 Å². The maximum absolute atomic E-state index is 6.17. The molecule has 0 amide bonds. The van der Waals surface area contributed by atoms with Gasteiger partial charge in [-0.1, -0.05) is 30.3 Å². The Kier molecular flexibility index (Phi) is 5.07. The summed E-state index contributed by atoms with van der Waals surface area (Å²) in [5.74, 6) is 0. The van der Waals surface area contributed by atoms with E-state index in [4.69, 9.17) is 10.5 Å². The Morgan fingerprint density at radius 3 is 2.19 bits per heavy atom. The zero-order valence-electron chi connectivity index (χ0n) is 13.9. The van der Waals surface area contributed by atoms with Crippen molar-refractivity contribution in [1.29, 1.82) is 0 Å². The van der Waals surface area contributed by atoms with Crippen molar-refractivity contribution in [3.8, 4) is 0 Å². The molecule has 1 aliphatic rings. The van der Waals surface area contributed by atoms with Gasteiger partial charge in [-0.3, -0.25) is 4.90 Å². The molecule has 1 fully saturated rings. The lowest BCUT2D eigenvalue weighted by molar-refractivity contribution is -0.187. The largest absolute Gasteiger partial charge is 0.367 e. The van der Waals surface area contributed by atoms with E-state index in [1.165, 1.54) is 5.56 Å². The van der Waals surface area contributed by atoms with Gasteiger partial charge in [-0.05, 0) is 46.1 Å². The molecular weight excluding hydrogens is 260 g/mol. The lowest BCUT2D eigenvalue weighted by Gasteiger charge is -2.49. The molecule has 2 rings (SSSR count). The molecule has 0 bridgehead atoms. The third-order valence-corrected chi connectivity index (χ3v) is 4.12. The van der Waals surface area contributed by atoms with E-state index in [2.05, 4.69) is 62.9 Å². The summed E-state index contributed by atoms with van der Waals surface area (Å²) in [5, 5.41) is 0. The molecule has 3 heteroatoms.